The Morgan fingerprint density at radius 1 is 0.909 bits per heavy atom. The first-order valence-electron chi connectivity index (χ1n) is 13.1. The maximum absolute atomic E-state index is 12.8. The summed E-state index contributed by atoms with van der Waals surface area (Å²) in [7, 11) is 1.72. The van der Waals surface area contributed by atoms with E-state index in [9.17, 15) is 9.59 Å². The van der Waals surface area contributed by atoms with Crippen LogP contribution in [0.15, 0.2) is 0 Å². The van der Waals surface area contributed by atoms with Crippen LogP contribution in [0.3, 0.4) is 0 Å². The van der Waals surface area contributed by atoms with Crippen LogP contribution in [-0.4, -0.2) is 49.6 Å². The van der Waals surface area contributed by atoms with Crippen molar-refractivity contribution < 1.29 is 14.3 Å². The van der Waals surface area contributed by atoms with E-state index in [-0.39, 0.29) is 34.2 Å². The van der Waals surface area contributed by atoms with Crippen LogP contribution in [0.5, 0.6) is 0 Å². The third kappa shape index (κ3) is 11.7. The zero-order chi connectivity index (χ0) is 25.5. The standard InChI is InChI=1S/C28H54N2O3/c1-11-14-25(2,3)19-26(4,5)15-12-23(31)29-21-28(8,9)20-27(6,7)17-24(32)30-16-13-22(18-30)33-10/h22H,11-21H2,1-10H3,(H,29,31). The molecule has 1 heterocycles. The summed E-state index contributed by atoms with van der Waals surface area (Å²) in [6, 6.07) is 0. The van der Waals surface area contributed by atoms with Gasteiger partial charge in [-0.15, -0.1) is 0 Å². The van der Waals surface area contributed by atoms with Crippen molar-refractivity contribution >= 4 is 11.8 Å². The molecular formula is C28H54N2O3. The molecule has 1 fully saturated rings. The van der Waals surface area contributed by atoms with Crippen LogP contribution in [0.25, 0.3) is 0 Å². The molecule has 1 aliphatic rings. The van der Waals surface area contributed by atoms with E-state index in [1.807, 2.05) is 4.90 Å². The molecule has 33 heavy (non-hydrogen) atoms. The Balaban J connectivity index is 2.47. The van der Waals surface area contributed by atoms with Crippen molar-refractivity contribution in [1.82, 2.24) is 10.2 Å². The van der Waals surface area contributed by atoms with Crippen molar-refractivity contribution in [2.24, 2.45) is 21.7 Å². The molecule has 1 atom stereocenters. The number of rotatable bonds is 14. The van der Waals surface area contributed by atoms with Gasteiger partial charge < -0.3 is 15.0 Å². The highest BCUT2D eigenvalue weighted by atomic mass is 16.5. The number of likely N-dealkylation sites (tertiary alicyclic amines) is 1. The summed E-state index contributed by atoms with van der Waals surface area (Å²) in [5.74, 6) is 0.355. The summed E-state index contributed by atoms with van der Waals surface area (Å²) in [4.78, 5) is 27.4. The lowest BCUT2D eigenvalue weighted by molar-refractivity contribution is -0.133. The minimum atomic E-state index is -0.122. The highest BCUT2D eigenvalue weighted by Gasteiger charge is 2.34. The highest BCUT2D eigenvalue weighted by molar-refractivity contribution is 5.77. The van der Waals surface area contributed by atoms with E-state index in [4.69, 9.17) is 4.74 Å². The van der Waals surface area contributed by atoms with Gasteiger partial charge in [0.2, 0.25) is 11.8 Å². The van der Waals surface area contributed by atoms with Crippen LogP contribution in [0.4, 0.5) is 0 Å². The summed E-state index contributed by atoms with van der Waals surface area (Å²) < 4.78 is 5.40. The van der Waals surface area contributed by atoms with Gasteiger partial charge in [-0.25, -0.2) is 0 Å². The van der Waals surface area contributed by atoms with Crippen LogP contribution < -0.4 is 5.32 Å². The van der Waals surface area contributed by atoms with Crippen molar-refractivity contribution in [2.75, 3.05) is 26.7 Å². The molecule has 0 aromatic heterocycles. The fourth-order valence-corrected chi connectivity index (χ4v) is 6.12. The molecule has 0 aromatic carbocycles. The number of nitrogens with zero attached hydrogens (tertiary/aromatic N) is 1. The van der Waals surface area contributed by atoms with Crippen molar-refractivity contribution in [3.8, 4) is 0 Å². The maximum atomic E-state index is 12.8. The number of ether oxygens (including phenoxy) is 1. The highest BCUT2D eigenvalue weighted by Crippen LogP contribution is 2.40. The monoisotopic (exact) mass is 466 g/mol. The van der Waals surface area contributed by atoms with Gasteiger partial charge in [0.05, 0.1) is 6.10 Å². The van der Waals surface area contributed by atoms with Gasteiger partial charge in [-0.05, 0) is 53.8 Å². The molecule has 1 saturated heterocycles. The predicted molar refractivity (Wildman–Crippen MR) is 138 cm³/mol. The molecule has 5 heteroatoms. The number of hydrogen-bond acceptors (Lipinski definition) is 3. The Bertz CT molecular complexity index is 637. The second kappa shape index (κ2) is 12.0. The average Bonchev–Trinajstić information content (AvgIpc) is 3.12. The van der Waals surface area contributed by atoms with E-state index in [1.54, 1.807) is 7.11 Å². The molecular weight excluding hydrogens is 412 g/mol. The van der Waals surface area contributed by atoms with Crippen molar-refractivity contribution in [3.63, 3.8) is 0 Å². The van der Waals surface area contributed by atoms with Gasteiger partial charge in [0.25, 0.3) is 0 Å². The third-order valence-electron chi connectivity index (χ3n) is 7.09. The first-order chi connectivity index (χ1) is 15.0. The van der Waals surface area contributed by atoms with Gasteiger partial charge in [-0.2, -0.15) is 0 Å². The smallest absolute Gasteiger partial charge is 0.223 e. The molecule has 1 N–H and O–H groups in total. The molecule has 1 aliphatic heterocycles. The predicted octanol–water partition coefficient (Wildman–Crippen LogP) is 6.21. The number of carbonyl (C=O) groups is 2. The first kappa shape index (κ1) is 29.9. The molecule has 0 saturated carbocycles. The van der Waals surface area contributed by atoms with Crippen LogP contribution >= 0.6 is 0 Å². The Labute approximate surface area is 204 Å². The number of nitrogens with one attached hydrogen (secondary N) is 1. The van der Waals surface area contributed by atoms with E-state index in [0.717, 1.165) is 32.2 Å². The van der Waals surface area contributed by atoms with E-state index in [0.29, 0.717) is 31.3 Å². The van der Waals surface area contributed by atoms with Crippen LogP contribution in [-0.2, 0) is 14.3 Å². The van der Waals surface area contributed by atoms with E-state index in [1.165, 1.54) is 12.8 Å². The second-order valence-electron chi connectivity index (χ2n) is 13.7. The minimum absolute atomic E-state index is 0.0713. The molecule has 0 aliphatic carbocycles. The largest absolute Gasteiger partial charge is 0.380 e. The quantitative estimate of drug-likeness (QED) is 0.331. The van der Waals surface area contributed by atoms with Crippen LogP contribution in [0, 0.1) is 21.7 Å². The summed E-state index contributed by atoms with van der Waals surface area (Å²) in [6.45, 7) is 22.3. The molecule has 0 bridgehead atoms. The molecule has 0 radical (unpaired) electrons. The Kier molecular flexibility index (Phi) is 10.9. The fraction of sp³-hybridized carbons (Fsp3) is 0.929. The summed E-state index contributed by atoms with van der Waals surface area (Å²) in [6.07, 6.45) is 7.54. The minimum Gasteiger partial charge on any atom is -0.380 e. The molecule has 194 valence electrons. The van der Waals surface area contributed by atoms with Crippen molar-refractivity contribution in [2.45, 2.75) is 120 Å². The Hall–Kier alpha value is -1.10. The van der Waals surface area contributed by atoms with Crippen molar-refractivity contribution in [1.29, 1.82) is 0 Å². The Morgan fingerprint density at radius 3 is 2.03 bits per heavy atom. The van der Waals surface area contributed by atoms with Crippen LogP contribution in [0.1, 0.15) is 114 Å². The van der Waals surface area contributed by atoms with E-state index in [2.05, 4.69) is 67.6 Å². The second-order valence-corrected chi connectivity index (χ2v) is 13.7. The molecule has 0 aromatic rings. The van der Waals surface area contributed by atoms with Gasteiger partial charge >= 0.3 is 0 Å². The molecule has 0 spiro atoms. The molecule has 1 unspecified atom stereocenters. The summed E-state index contributed by atoms with van der Waals surface area (Å²) in [5.41, 5.74) is 0.284. The van der Waals surface area contributed by atoms with Gasteiger partial charge in [-0.3, -0.25) is 9.59 Å². The SMILES string of the molecule is CCCC(C)(C)CC(C)(C)CCC(=O)NCC(C)(C)CC(C)(C)CC(=O)N1CCC(OC)C1. The summed E-state index contributed by atoms with van der Waals surface area (Å²) in [5, 5.41) is 3.18. The zero-order valence-electron chi connectivity index (χ0n) is 23.5. The number of hydrogen-bond donors (Lipinski definition) is 1. The number of carbonyl (C=O) groups excluding carboxylic acids is 2. The van der Waals surface area contributed by atoms with E-state index < -0.39 is 0 Å². The summed E-state index contributed by atoms with van der Waals surface area (Å²) >= 11 is 0. The molecule has 5 nitrogen and oxygen atoms in total. The lowest BCUT2D eigenvalue weighted by atomic mass is 9.71. The van der Waals surface area contributed by atoms with Crippen LogP contribution in [0.2, 0.25) is 0 Å². The topological polar surface area (TPSA) is 58.6 Å². The lowest BCUT2D eigenvalue weighted by Gasteiger charge is -2.36. The zero-order valence-corrected chi connectivity index (χ0v) is 23.5. The van der Waals surface area contributed by atoms with Gasteiger partial charge in [0.15, 0.2) is 0 Å². The lowest BCUT2D eigenvalue weighted by Crippen LogP contribution is -2.39. The van der Waals surface area contributed by atoms with Gasteiger partial charge in [0.1, 0.15) is 0 Å². The van der Waals surface area contributed by atoms with Gasteiger partial charge in [-0.1, -0.05) is 68.7 Å². The van der Waals surface area contributed by atoms with Gasteiger partial charge in [0, 0.05) is 39.6 Å². The number of amides is 2. The maximum Gasteiger partial charge on any atom is 0.223 e. The third-order valence-corrected chi connectivity index (χ3v) is 7.09. The first-order valence-corrected chi connectivity index (χ1v) is 13.1. The fourth-order valence-electron chi connectivity index (χ4n) is 6.12. The van der Waals surface area contributed by atoms with E-state index >= 15 is 0 Å². The van der Waals surface area contributed by atoms with Crippen molar-refractivity contribution in [3.05, 3.63) is 0 Å². The average molecular weight is 467 g/mol. The molecule has 2 amide bonds. The normalized spacial score (nSPS) is 18.0. The molecule has 1 rings (SSSR count). The number of methoxy groups -OCH3 is 1. The Morgan fingerprint density at radius 2 is 1.48 bits per heavy atom.